The number of nitrogens with zero attached hydrogens (tertiary/aromatic N) is 1. The number of hydrogen-bond donors (Lipinski definition) is 1. The summed E-state index contributed by atoms with van der Waals surface area (Å²) in [6.45, 7) is 0.0538. The SMILES string of the molecule is O=C(O)[C@H]1CCCN1C(=O)C(F)(F)c1ccccc1. The third-order valence-corrected chi connectivity index (χ3v) is 3.20. The molecule has 1 N–H and O–H groups in total. The van der Waals surface area contributed by atoms with Crippen LogP contribution in [0.4, 0.5) is 8.78 Å². The Labute approximate surface area is 108 Å². The number of rotatable bonds is 3. The molecule has 4 nitrogen and oxygen atoms in total. The van der Waals surface area contributed by atoms with Crippen LogP contribution in [-0.4, -0.2) is 34.5 Å². The fourth-order valence-electron chi connectivity index (χ4n) is 2.22. The van der Waals surface area contributed by atoms with Gasteiger partial charge in [0.15, 0.2) is 0 Å². The van der Waals surface area contributed by atoms with Crippen molar-refractivity contribution < 1.29 is 23.5 Å². The maximum absolute atomic E-state index is 14.1. The summed E-state index contributed by atoms with van der Waals surface area (Å²) >= 11 is 0. The van der Waals surface area contributed by atoms with Crippen molar-refractivity contribution >= 4 is 11.9 Å². The smallest absolute Gasteiger partial charge is 0.349 e. The molecule has 1 atom stereocenters. The first kappa shape index (κ1) is 13.5. The zero-order valence-electron chi connectivity index (χ0n) is 10.1. The van der Waals surface area contributed by atoms with E-state index in [4.69, 9.17) is 5.11 Å². The third-order valence-electron chi connectivity index (χ3n) is 3.20. The number of aliphatic carboxylic acids is 1. The van der Waals surface area contributed by atoms with Crippen LogP contribution in [0.15, 0.2) is 30.3 Å². The van der Waals surface area contributed by atoms with Gasteiger partial charge < -0.3 is 10.0 Å². The van der Waals surface area contributed by atoms with E-state index < -0.39 is 29.4 Å². The van der Waals surface area contributed by atoms with E-state index in [0.717, 1.165) is 17.0 Å². The largest absolute Gasteiger partial charge is 0.480 e. The molecule has 1 aliphatic rings. The predicted octanol–water partition coefficient (Wildman–Crippen LogP) is 1.85. The summed E-state index contributed by atoms with van der Waals surface area (Å²) in [5.74, 6) is -6.38. The molecule has 1 aromatic carbocycles. The van der Waals surface area contributed by atoms with Crippen molar-refractivity contribution in [2.45, 2.75) is 24.8 Å². The van der Waals surface area contributed by atoms with Gasteiger partial charge in [-0.3, -0.25) is 4.79 Å². The van der Waals surface area contributed by atoms with Gasteiger partial charge in [0.1, 0.15) is 6.04 Å². The highest BCUT2D eigenvalue weighted by Gasteiger charge is 2.48. The van der Waals surface area contributed by atoms with Crippen molar-refractivity contribution in [3.63, 3.8) is 0 Å². The van der Waals surface area contributed by atoms with Crippen LogP contribution in [0.3, 0.4) is 0 Å². The summed E-state index contributed by atoms with van der Waals surface area (Å²) in [6, 6.07) is 5.56. The van der Waals surface area contributed by atoms with E-state index in [1.165, 1.54) is 12.1 Å². The molecule has 0 aromatic heterocycles. The number of benzene rings is 1. The van der Waals surface area contributed by atoms with Crippen LogP contribution in [0.2, 0.25) is 0 Å². The normalized spacial score (nSPS) is 19.5. The maximum Gasteiger partial charge on any atom is 0.349 e. The van der Waals surface area contributed by atoms with E-state index >= 15 is 0 Å². The number of carboxylic acid groups (broad SMARTS) is 1. The van der Waals surface area contributed by atoms with Gasteiger partial charge in [0.05, 0.1) is 0 Å². The highest BCUT2D eigenvalue weighted by molar-refractivity contribution is 5.89. The second-order valence-electron chi connectivity index (χ2n) is 4.44. The molecule has 19 heavy (non-hydrogen) atoms. The fourth-order valence-corrected chi connectivity index (χ4v) is 2.22. The first-order valence-electron chi connectivity index (χ1n) is 5.92. The lowest BCUT2D eigenvalue weighted by Crippen LogP contribution is -2.47. The van der Waals surface area contributed by atoms with Crippen LogP contribution in [0.5, 0.6) is 0 Å². The van der Waals surface area contributed by atoms with Crippen molar-refractivity contribution in [3.8, 4) is 0 Å². The minimum atomic E-state index is -3.70. The van der Waals surface area contributed by atoms with Crippen LogP contribution < -0.4 is 0 Å². The number of alkyl halides is 2. The fraction of sp³-hybridized carbons (Fsp3) is 0.385. The number of amides is 1. The van der Waals surface area contributed by atoms with E-state index in [1.54, 1.807) is 6.07 Å². The number of carboxylic acids is 1. The summed E-state index contributed by atoms with van der Waals surface area (Å²) in [6.07, 6.45) is 0.638. The summed E-state index contributed by atoms with van der Waals surface area (Å²) < 4.78 is 28.1. The summed E-state index contributed by atoms with van der Waals surface area (Å²) in [5.41, 5.74) is -0.420. The van der Waals surface area contributed by atoms with Crippen molar-refractivity contribution in [2.75, 3.05) is 6.54 Å². The average Bonchev–Trinajstić information content (AvgIpc) is 2.88. The zero-order chi connectivity index (χ0) is 14.0. The quantitative estimate of drug-likeness (QED) is 0.911. The molecule has 1 aromatic rings. The van der Waals surface area contributed by atoms with Crippen molar-refractivity contribution in [1.82, 2.24) is 4.90 Å². The van der Waals surface area contributed by atoms with Crippen LogP contribution >= 0.6 is 0 Å². The molecular formula is C13H13F2NO3. The molecule has 0 unspecified atom stereocenters. The van der Waals surface area contributed by atoms with Gasteiger partial charge >= 0.3 is 11.9 Å². The minimum absolute atomic E-state index is 0.0538. The first-order valence-corrected chi connectivity index (χ1v) is 5.92. The molecule has 1 aliphatic heterocycles. The van der Waals surface area contributed by atoms with E-state index in [1.807, 2.05) is 0 Å². The Morgan fingerprint density at radius 3 is 2.47 bits per heavy atom. The molecule has 0 spiro atoms. The van der Waals surface area contributed by atoms with Gasteiger partial charge in [-0.25, -0.2) is 4.79 Å². The second-order valence-corrected chi connectivity index (χ2v) is 4.44. The highest BCUT2D eigenvalue weighted by atomic mass is 19.3. The topological polar surface area (TPSA) is 57.6 Å². The molecule has 1 fully saturated rings. The summed E-state index contributed by atoms with van der Waals surface area (Å²) in [5, 5.41) is 8.93. The number of halogens is 2. The van der Waals surface area contributed by atoms with Gasteiger partial charge in [0.25, 0.3) is 5.91 Å². The van der Waals surface area contributed by atoms with E-state index in [-0.39, 0.29) is 13.0 Å². The molecule has 6 heteroatoms. The summed E-state index contributed by atoms with van der Waals surface area (Å²) in [4.78, 5) is 23.6. The van der Waals surface area contributed by atoms with Crippen molar-refractivity contribution in [2.24, 2.45) is 0 Å². The number of carbonyl (C=O) groups excluding carboxylic acids is 1. The lowest BCUT2D eigenvalue weighted by molar-refractivity contribution is -0.164. The molecule has 2 rings (SSSR count). The highest BCUT2D eigenvalue weighted by Crippen LogP contribution is 2.33. The number of hydrogen-bond acceptors (Lipinski definition) is 2. The van der Waals surface area contributed by atoms with Crippen molar-refractivity contribution in [3.05, 3.63) is 35.9 Å². The Bertz CT molecular complexity index is 490. The van der Waals surface area contributed by atoms with Crippen LogP contribution in [0.1, 0.15) is 18.4 Å². The molecule has 1 amide bonds. The average molecular weight is 269 g/mol. The van der Waals surface area contributed by atoms with Gasteiger partial charge in [0, 0.05) is 12.1 Å². The molecular weight excluding hydrogens is 256 g/mol. The first-order chi connectivity index (χ1) is 8.94. The molecule has 1 heterocycles. The Kier molecular flexibility index (Phi) is 3.50. The van der Waals surface area contributed by atoms with Crippen molar-refractivity contribution in [1.29, 1.82) is 0 Å². The molecule has 0 bridgehead atoms. The molecule has 102 valence electrons. The Hall–Kier alpha value is -1.98. The van der Waals surface area contributed by atoms with E-state index in [2.05, 4.69) is 0 Å². The zero-order valence-corrected chi connectivity index (χ0v) is 10.1. The molecule has 0 aliphatic carbocycles. The van der Waals surface area contributed by atoms with E-state index in [0.29, 0.717) is 6.42 Å². The van der Waals surface area contributed by atoms with Gasteiger partial charge in [-0.05, 0) is 12.8 Å². The maximum atomic E-state index is 14.1. The number of likely N-dealkylation sites (tertiary alicyclic amines) is 1. The van der Waals surface area contributed by atoms with Crippen LogP contribution in [0.25, 0.3) is 0 Å². The van der Waals surface area contributed by atoms with Crippen LogP contribution in [-0.2, 0) is 15.5 Å². The third kappa shape index (κ3) is 2.43. The molecule has 1 saturated heterocycles. The lowest BCUT2D eigenvalue weighted by Gasteiger charge is -2.26. The Morgan fingerprint density at radius 2 is 1.89 bits per heavy atom. The van der Waals surface area contributed by atoms with Crippen LogP contribution in [0, 0.1) is 0 Å². The Balaban J connectivity index is 2.26. The van der Waals surface area contributed by atoms with Gasteiger partial charge in [-0.15, -0.1) is 0 Å². The summed E-state index contributed by atoms with van der Waals surface area (Å²) in [7, 11) is 0. The number of carbonyl (C=O) groups is 2. The lowest BCUT2D eigenvalue weighted by atomic mass is 10.1. The minimum Gasteiger partial charge on any atom is -0.480 e. The standard InChI is InChI=1S/C13H13F2NO3/c14-13(15,9-5-2-1-3-6-9)12(19)16-8-4-7-10(16)11(17)18/h1-3,5-6,10H,4,7-8H2,(H,17,18)/t10-/m1/s1. The molecule has 0 saturated carbocycles. The second kappa shape index (κ2) is 4.95. The van der Waals surface area contributed by atoms with Gasteiger partial charge in [0.2, 0.25) is 0 Å². The van der Waals surface area contributed by atoms with Gasteiger partial charge in [-0.1, -0.05) is 30.3 Å². The Morgan fingerprint density at radius 1 is 1.26 bits per heavy atom. The van der Waals surface area contributed by atoms with Gasteiger partial charge in [-0.2, -0.15) is 8.78 Å². The molecule has 0 radical (unpaired) electrons. The van der Waals surface area contributed by atoms with E-state index in [9.17, 15) is 18.4 Å². The monoisotopic (exact) mass is 269 g/mol. The predicted molar refractivity (Wildman–Crippen MR) is 62.7 cm³/mol.